The van der Waals surface area contributed by atoms with Gasteiger partial charge in [0.25, 0.3) is 0 Å². The van der Waals surface area contributed by atoms with Crippen LogP contribution in [0.2, 0.25) is 0 Å². The van der Waals surface area contributed by atoms with Gasteiger partial charge in [-0.25, -0.2) is 14.4 Å². The van der Waals surface area contributed by atoms with Gasteiger partial charge in [0.05, 0.1) is 0 Å². The first-order valence-corrected chi connectivity index (χ1v) is 10.9. The highest BCUT2D eigenvalue weighted by molar-refractivity contribution is 7.80. The van der Waals surface area contributed by atoms with Crippen molar-refractivity contribution in [3.05, 3.63) is 82.9 Å². The largest absolute Gasteiger partial charge is 0.332 e. The zero-order valence-electron chi connectivity index (χ0n) is 18.4. The summed E-state index contributed by atoms with van der Waals surface area (Å²) >= 11 is 5.52. The van der Waals surface area contributed by atoms with Gasteiger partial charge in [-0.15, -0.1) is 0 Å². The average molecular weight is 451 g/mol. The van der Waals surface area contributed by atoms with Crippen LogP contribution in [0, 0.1) is 19.7 Å². The fraction of sp³-hybridized carbons (Fsp3) is 0.250. The summed E-state index contributed by atoms with van der Waals surface area (Å²) in [5, 5.41) is 9.89. The van der Waals surface area contributed by atoms with Crippen molar-refractivity contribution in [1.29, 1.82) is 0 Å². The zero-order chi connectivity index (χ0) is 22.9. The van der Waals surface area contributed by atoms with E-state index in [1.807, 2.05) is 38.1 Å². The number of aromatic nitrogens is 2. The van der Waals surface area contributed by atoms with Crippen molar-refractivity contribution in [3.8, 4) is 0 Å². The van der Waals surface area contributed by atoms with Crippen molar-refractivity contribution in [2.45, 2.75) is 33.6 Å². The summed E-state index contributed by atoms with van der Waals surface area (Å²) < 4.78 is 13.1. The van der Waals surface area contributed by atoms with Crippen LogP contribution in [0.5, 0.6) is 0 Å². The second-order valence-corrected chi connectivity index (χ2v) is 7.70. The van der Waals surface area contributed by atoms with Gasteiger partial charge in [-0.1, -0.05) is 37.3 Å². The lowest BCUT2D eigenvalue weighted by Gasteiger charge is -2.16. The third-order valence-corrected chi connectivity index (χ3v) is 4.88. The minimum absolute atomic E-state index is 0.253. The second-order valence-electron chi connectivity index (χ2n) is 7.30. The first kappa shape index (κ1) is 23.3. The van der Waals surface area contributed by atoms with Crippen molar-refractivity contribution in [2.75, 3.05) is 17.2 Å². The van der Waals surface area contributed by atoms with Crippen LogP contribution in [0.1, 0.15) is 29.4 Å². The average Bonchev–Trinajstić information content (AvgIpc) is 2.74. The standard InChI is InChI=1S/C24H27FN6S/c1-4-19-7-5-6-8-21(19)29-24(32)31-22(30-23-27-16(2)15-17(3)28-23)26-14-13-18-9-11-20(25)12-10-18/h5-12,15H,4,13-14H2,1-3H3,(H3,26,27,28,29,30,31,32). The molecule has 1 heterocycles. The van der Waals surface area contributed by atoms with Gasteiger partial charge in [0.1, 0.15) is 5.82 Å². The van der Waals surface area contributed by atoms with Gasteiger partial charge in [-0.3, -0.25) is 10.3 Å². The number of aryl methyl sites for hydroxylation is 3. The summed E-state index contributed by atoms with van der Waals surface area (Å²) in [7, 11) is 0. The van der Waals surface area contributed by atoms with Crippen LogP contribution >= 0.6 is 12.2 Å². The Morgan fingerprint density at radius 1 is 1.00 bits per heavy atom. The summed E-state index contributed by atoms with van der Waals surface area (Å²) in [6, 6.07) is 16.3. The number of nitrogens with zero attached hydrogens (tertiary/aromatic N) is 3. The summed E-state index contributed by atoms with van der Waals surface area (Å²) in [6.45, 7) is 6.39. The minimum Gasteiger partial charge on any atom is -0.332 e. The molecule has 0 fully saturated rings. The quantitative estimate of drug-likeness (QED) is 0.285. The molecule has 0 bridgehead atoms. The van der Waals surface area contributed by atoms with E-state index < -0.39 is 0 Å². The van der Waals surface area contributed by atoms with Crippen LogP contribution in [0.4, 0.5) is 16.0 Å². The molecular formula is C24H27FN6S. The number of hydrogen-bond donors (Lipinski definition) is 3. The maximum absolute atomic E-state index is 13.1. The molecule has 32 heavy (non-hydrogen) atoms. The molecule has 3 N–H and O–H groups in total. The van der Waals surface area contributed by atoms with Crippen LogP contribution in [0.15, 0.2) is 59.6 Å². The SMILES string of the molecule is CCc1ccccc1NC(=S)NC(=NCCc1ccc(F)cc1)Nc1nc(C)cc(C)n1. The van der Waals surface area contributed by atoms with E-state index in [-0.39, 0.29) is 5.82 Å². The summed E-state index contributed by atoms with van der Waals surface area (Å²) in [5.41, 5.74) is 4.80. The minimum atomic E-state index is -0.253. The van der Waals surface area contributed by atoms with Crippen LogP contribution in [-0.4, -0.2) is 27.6 Å². The third kappa shape index (κ3) is 7.09. The molecule has 0 saturated heterocycles. The number of para-hydroxylation sites is 1. The van der Waals surface area contributed by atoms with E-state index in [0.717, 1.165) is 34.6 Å². The van der Waals surface area contributed by atoms with Gasteiger partial charge in [0.2, 0.25) is 11.9 Å². The molecule has 6 nitrogen and oxygen atoms in total. The van der Waals surface area contributed by atoms with Gasteiger partial charge < -0.3 is 10.6 Å². The molecule has 1 aromatic heterocycles. The predicted octanol–water partition coefficient (Wildman–Crippen LogP) is 4.79. The topological polar surface area (TPSA) is 74.2 Å². The summed E-state index contributed by atoms with van der Waals surface area (Å²) in [4.78, 5) is 13.5. The molecule has 0 unspecified atom stereocenters. The van der Waals surface area contributed by atoms with Crippen LogP contribution in [-0.2, 0) is 12.8 Å². The Kier molecular flexibility index (Phi) is 8.21. The molecule has 0 aliphatic carbocycles. The number of anilines is 2. The highest BCUT2D eigenvalue weighted by Gasteiger charge is 2.08. The maximum Gasteiger partial charge on any atom is 0.229 e. The van der Waals surface area contributed by atoms with Gasteiger partial charge in [0, 0.05) is 23.6 Å². The van der Waals surface area contributed by atoms with E-state index in [2.05, 4.69) is 43.9 Å². The van der Waals surface area contributed by atoms with Crippen molar-refractivity contribution >= 4 is 34.9 Å². The van der Waals surface area contributed by atoms with Crippen molar-refractivity contribution in [2.24, 2.45) is 4.99 Å². The van der Waals surface area contributed by atoms with Gasteiger partial charge >= 0.3 is 0 Å². The number of halogens is 1. The molecule has 0 spiro atoms. The number of hydrogen-bond acceptors (Lipinski definition) is 4. The Labute approximate surface area is 193 Å². The molecule has 0 atom stereocenters. The number of rotatable bonds is 6. The van der Waals surface area contributed by atoms with Crippen molar-refractivity contribution in [1.82, 2.24) is 15.3 Å². The Hall–Kier alpha value is -3.39. The monoisotopic (exact) mass is 450 g/mol. The Morgan fingerprint density at radius 3 is 2.38 bits per heavy atom. The van der Waals surface area contributed by atoms with Gasteiger partial charge in [-0.2, -0.15) is 0 Å². The lowest BCUT2D eigenvalue weighted by molar-refractivity contribution is 0.627. The molecule has 0 radical (unpaired) electrons. The van der Waals surface area contributed by atoms with Gasteiger partial charge in [0.15, 0.2) is 5.11 Å². The van der Waals surface area contributed by atoms with E-state index >= 15 is 0 Å². The van der Waals surface area contributed by atoms with Crippen molar-refractivity contribution < 1.29 is 4.39 Å². The fourth-order valence-corrected chi connectivity index (χ4v) is 3.36. The Bertz CT molecular complexity index is 1080. The first-order valence-electron chi connectivity index (χ1n) is 10.5. The van der Waals surface area contributed by atoms with Crippen LogP contribution < -0.4 is 16.0 Å². The van der Waals surface area contributed by atoms with E-state index in [9.17, 15) is 4.39 Å². The molecule has 0 amide bonds. The molecule has 0 saturated carbocycles. The highest BCUT2D eigenvalue weighted by atomic mass is 32.1. The van der Waals surface area contributed by atoms with E-state index in [0.29, 0.717) is 30.0 Å². The molecule has 3 aromatic rings. The maximum atomic E-state index is 13.1. The van der Waals surface area contributed by atoms with E-state index in [1.165, 1.54) is 12.1 Å². The first-order chi connectivity index (χ1) is 15.4. The van der Waals surface area contributed by atoms with Gasteiger partial charge in [-0.05, 0) is 74.3 Å². The normalized spacial score (nSPS) is 11.2. The number of nitrogens with one attached hydrogen (secondary N) is 3. The zero-order valence-corrected chi connectivity index (χ0v) is 19.3. The van der Waals surface area contributed by atoms with E-state index in [4.69, 9.17) is 12.2 Å². The molecule has 3 rings (SSSR count). The molecule has 2 aromatic carbocycles. The molecule has 166 valence electrons. The number of thiocarbonyl (C=S) groups is 1. The lowest BCUT2D eigenvalue weighted by atomic mass is 10.1. The Morgan fingerprint density at radius 2 is 1.69 bits per heavy atom. The molecule has 0 aliphatic rings. The number of guanidine groups is 1. The highest BCUT2D eigenvalue weighted by Crippen LogP contribution is 2.15. The summed E-state index contributed by atoms with van der Waals surface area (Å²) in [5.74, 6) is 0.618. The van der Waals surface area contributed by atoms with Crippen LogP contribution in [0.3, 0.4) is 0 Å². The second kappa shape index (κ2) is 11.3. The molecule has 0 aliphatic heterocycles. The smallest absolute Gasteiger partial charge is 0.229 e. The molecular weight excluding hydrogens is 423 g/mol. The fourth-order valence-electron chi connectivity index (χ4n) is 3.16. The van der Waals surface area contributed by atoms with Crippen molar-refractivity contribution in [3.63, 3.8) is 0 Å². The lowest BCUT2D eigenvalue weighted by Crippen LogP contribution is -2.39. The third-order valence-electron chi connectivity index (χ3n) is 4.67. The Balaban J connectivity index is 1.73. The predicted molar refractivity (Wildman–Crippen MR) is 133 cm³/mol. The number of benzene rings is 2. The van der Waals surface area contributed by atoms with Crippen LogP contribution in [0.25, 0.3) is 0 Å². The molecule has 8 heteroatoms. The van der Waals surface area contributed by atoms with E-state index in [1.54, 1.807) is 12.1 Å². The number of aliphatic imine (C=N–C) groups is 1. The summed E-state index contributed by atoms with van der Waals surface area (Å²) in [6.07, 6.45) is 1.54.